The highest BCUT2D eigenvalue weighted by atomic mass is 16.5. The van der Waals surface area contributed by atoms with E-state index in [4.69, 9.17) is 4.74 Å². The van der Waals surface area contributed by atoms with Crippen LogP contribution in [0, 0.1) is 0 Å². The zero-order chi connectivity index (χ0) is 21.1. The minimum atomic E-state index is -0.332. The molecule has 0 radical (unpaired) electrons. The second-order valence-electron chi connectivity index (χ2n) is 8.34. The third-order valence-corrected chi connectivity index (χ3v) is 6.45. The molecular weight excluding hydrogens is 380 g/mol. The highest BCUT2D eigenvalue weighted by molar-refractivity contribution is 5.88. The third kappa shape index (κ3) is 4.37. The molecule has 0 unspecified atom stereocenters. The highest BCUT2D eigenvalue weighted by Crippen LogP contribution is 2.23. The monoisotopic (exact) mass is 412 g/mol. The van der Waals surface area contributed by atoms with Gasteiger partial charge in [0, 0.05) is 57.9 Å². The Morgan fingerprint density at radius 3 is 2.67 bits per heavy atom. The largest absolute Gasteiger partial charge is 0.379 e. The number of benzene rings is 1. The first kappa shape index (κ1) is 20.9. The van der Waals surface area contributed by atoms with Crippen LogP contribution in [0.3, 0.4) is 0 Å². The first-order chi connectivity index (χ1) is 14.5. The summed E-state index contributed by atoms with van der Waals surface area (Å²) in [4.78, 5) is 31.6. The number of fused-ring (bicyclic) bond motifs is 1. The zero-order valence-electron chi connectivity index (χ0n) is 18.0. The number of hydrogen-bond donors (Lipinski definition) is 0. The topological polar surface area (TPSA) is 58.0 Å². The first-order valence-electron chi connectivity index (χ1n) is 10.9. The van der Waals surface area contributed by atoms with Gasteiger partial charge in [-0.1, -0.05) is 18.2 Å². The van der Waals surface area contributed by atoms with E-state index in [1.54, 1.807) is 11.8 Å². The number of hydrogen-bond acceptors (Lipinski definition) is 4. The summed E-state index contributed by atoms with van der Waals surface area (Å²) in [7, 11) is 2.06. The lowest BCUT2D eigenvalue weighted by atomic mass is 10.1. The summed E-state index contributed by atoms with van der Waals surface area (Å²) in [6.45, 7) is 7.57. The molecule has 1 atom stereocenters. The SMILES string of the molecule is CC(=O)N1CCC[C@H]1C(=O)N(CCN1CCOCC1)Cc1cc2ccccc2n1C. The van der Waals surface area contributed by atoms with Gasteiger partial charge in [-0.3, -0.25) is 14.5 Å². The molecule has 1 aromatic heterocycles. The number of likely N-dealkylation sites (tertiary alicyclic amines) is 1. The van der Waals surface area contributed by atoms with Crippen molar-refractivity contribution in [3.63, 3.8) is 0 Å². The molecule has 1 aromatic carbocycles. The van der Waals surface area contributed by atoms with Gasteiger partial charge in [0.2, 0.25) is 11.8 Å². The van der Waals surface area contributed by atoms with Gasteiger partial charge >= 0.3 is 0 Å². The lowest BCUT2D eigenvalue weighted by Crippen LogP contribution is -2.49. The second-order valence-corrected chi connectivity index (χ2v) is 8.34. The van der Waals surface area contributed by atoms with E-state index in [0.717, 1.165) is 51.4 Å². The average Bonchev–Trinajstić information content (AvgIpc) is 3.37. The van der Waals surface area contributed by atoms with E-state index < -0.39 is 0 Å². The lowest BCUT2D eigenvalue weighted by Gasteiger charge is -2.33. The van der Waals surface area contributed by atoms with E-state index in [-0.39, 0.29) is 17.9 Å². The molecule has 2 aliphatic heterocycles. The van der Waals surface area contributed by atoms with E-state index in [2.05, 4.69) is 34.7 Å². The second kappa shape index (κ2) is 9.18. The highest BCUT2D eigenvalue weighted by Gasteiger charge is 2.35. The molecule has 2 saturated heterocycles. The Hall–Kier alpha value is -2.38. The van der Waals surface area contributed by atoms with Crippen LogP contribution in [-0.2, 0) is 27.9 Å². The van der Waals surface area contributed by atoms with Crippen LogP contribution in [0.15, 0.2) is 30.3 Å². The number of para-hydroxylation sites is 1. The summed E-state index contributed by atoms with van der Waals surface area (Å²) in [6.07, 6.45) is 1.64. The van der Waals surface area contributed by atoms with E-state index in [1.807, 2.05) is 17.0 Å². The zero-order valence-corrected chi connectivity index (χ0v) is 18.0. The van der Waals surface area contributed by atoms with Crippen LogP contribution in [0.5, 0.6) is 0 Å². The Morgan fingerprint density at radius 2 is 1.93 bits per heavy atom. The van der Waals surface area contributed by atoms with Crippen molar-refractivity contribution in [1.29, 1.82) is 0 Å². The molecule has 7 nitrogen and oxygen atoms in total. The molecule has 0 aliphatic carbocycles. The summed E-state index contributed by atoms with van der Waals surface area (Å²) in [5, 5.41) is 1.18. The van der Waals surface area contributed by atoms with Crippen molar-refractivity contribution in [2.45, 2.75) is 32.4 Å². The summed E-state index contributed by atoms with van der Waals surface area (Å²) >= 11 is 0. The summed E-state index contributed by atoms with van der Waals surface area (Å²) in [5.74, 6) is 0.0600. The number of carbonyl (C=O) groups is 2. The lowest BCUT2D eigenvalue weighted by molar-refractivity contribution is -0.143. The third-order valence-electron chi connectivity index (χ3n) is 6.45. The summed E-state index contributed by atoms with van der Waals surface area (Å²) in [5.41, 5.74) is 2.28. The van der Waals surface area contributed by atoms with Crippen LogP contribution in [0.2, 0.25) is 0 Å². The summed E-state index contributed by atoms with van der Waals surface area (Å²) < 4.78 is 7.62. The molecule has 4 rings (SSSR count). The van der Waals surface area contributed by atoms with Crippen LogP contribution >= 0.6 is 0 Å². The molecule has 7 heteroatoms. The maximum atomic E-state index is 13.5. The van der Waals surface area contributed by atoms with Crippen LogP contribution < -0.4 is 0 Å². The van der Waals surface area contributed by atoms with E-state index in [0.29, 0.717) is 19.6 Å². The molecule has 0 saturated carbocycles. The smallest absolute Gasteiger partial charge is 0.245 e. The van der Waals surface area contributed by atoms with Gasteiger partial charge in [0.25, 0.3) is 0 Å². The Bertz CT molecular complexity index is 903. The van der Waals surface area contributed by atoms with Crippen molar-refractivity contribution < 1.29 is 14.3 Å². The predicted molar refractivity (Wildman–Crippen MR) is 116 cm³/mol. The van der Waals surface area contributed by atoms with Gasteiger partial charge in [-0.15, -0.1) is 0 Å². The Morgan fingerprint density at radius 1 is 1.17 bits per heavy atom. The van der Waals surface area contributed by atoms with E-state index in [9.17, 15) is 9.59 Å². The predicted octanol–water partition coefficient (Wildman–Crippen LogP) is 1.85. The maximum Gasteiger partial charge on any atom is 0.245 e. The van der Waals surface area contributed by atoms with Crippen LogP contribution in [0.1, 0.15) is 25.5 Å². The van der Waals surface area contributed by atoms with Gasteiger partial charge in [0.15, 0.2) is 0 Å². The number of aryl methyl sites for hydroxylation is 1. The van der Waals surface area contributed by atoms with E-state index in [1.165, 1.54) is 10.9 Å². The van der Waals surface area contributed by atoms with Gasteiger partial charge in [-0.25, -0.2) is 0 Å². The van der Waals surface area contributed by atoms with Gasteiger partial charge in [0.1, 0.15) is 6.04 Å². The Balaban J connectivity index is 1.54. The molecule has 2 amide bonds. The molecule has 3 heterocycles. The van der Waals surface area contributed by atoms with Crippen molar-refractivity contribution in [1.82, 2.24) is 19.3 Å². The van der Waals surface area contributed by atoms with Gasteiger partial charge in [0.05, 0.1) is 19.8 Å². The van der Waals surface area contributed by atoms with Crippen molar-refractivity contribution in [2.24, 2.45) is 7.05 Å². The van der Waals surface area contributed by atoms with Crippen molar-refractivity contribution in [2.75, 3.05) is 45.9 Å². The fourth-order valence-electron chi connectivity index (χ4n) is 4.66. The molecule has 2 aliphatic rings. The quantitative estimate of drug-likeness (QED) is 0.727. The van der Waals surface area contributed by atoms with Gasteiger partial charge in [-0.05, 0) is 30.4 Å². The number of carbonyl (C=O) groups excluding carboxylic acids is 2. The maximum absolute atomic E-state index is 13.5. The number of ether oxygens (including phenoxy) is 1. The number of rotatable bonds is 6. The number of morpholine rings is 1. The average molecular weight is 413 g/mol. The summed E-state index contributed by atoms with van der Waals surface area (Å²) in [6, 6.07) is 10.1. The Labute approximate surface area is 178 Å². The normalized spacial score (nSPS) is 20.1. The number of amides is 2. The first-order valence-corrected chi connectivity index (χ1v) is 10.9. The minimum Gasteiger partial charge on any atom is -0.379 e. The van der Waals surface area contributed by atoms with Gasteiger partial charge in [-0.2, -0.15) is 0 Å². The van der Waals surface area contributed by atoms with Crippen molar-refractivity contribution in [3.05, 3.63) is 36.0 Å². The molecule has 162 valence electrons. The van der Waals surface area contributed by atoms with Gasteiger partial charge < -0.3 is 19.1 Å². The molecular formula is C23H32N4O3. The molecule has 2 aromatic rings. The molecule has 30 heavy (non-hydrogen) atoms. The van der Waals surface area contributed by atoms with Crippen molar-refractivity contribution in [3.8, 4) is 0 Å². The fourth-order valence-corrected chi connectivity index (χ4v) is 4.66. The number of nitrogens with zero attached hydrogens (tertiary/aromatic N) is 4. The molecule has 2 fully saturated rings. The van der Waals surface area contributed by atoms with Crippen LogP contribution in [0.25, 0.3) is 10.9 Å². The molecule has 0 bridgehead atoms. The van der Waals surface area contributed by atoms with Crippen molar-refractivity contribution >= 4 is 22.7 Å². The van der Waals surface area contributed by atoms with E-state index >= 15 is 0 Å². The standard InChI is InChI=1S/C23H32N4O3/c1-18(28)27-9-5-8-22(27)23(29)26(11-10-25-12-14-30-15-13-25)17-20-16-19-6-3-4-7-21(19)24(20)2/h3-4,6-7,16,22H,5,8-15,17H2,1-2H3/t22-/m0/s1. The molecule has 0 spiro atoms. The van der Waals surface area contributed by atoms with Crippen LogP contribution in [-0.4, -0.2) is 83.1 Å². The number of aromatic nitrogens is 1. The molecule has 0 N–H and O–H groups in total. The fraction of sp³-hybridized carbons (Fsp3) is 0.565. The minimum absolute atomic E-state index is 0.0106. The van der Waals surface area contributed by atoms with Crippen LogP contribution in [0.4, 0.5) is 0 Å². The Kier molecular flexibility index (Phi) is 6.39.